The number of nitrogens with two attached hydrogens (primary N) is 1. The molecule has 5 fully saturated rings. The van der Waals surface area contributed by atoms with Crippen LogP contribution in [0.3, 0.4) is 0 Å². The van der Waals surface area contributed by atoms with Gasteiger partial charge in [0.2, 0.25) is 11.8 Å². The lowest BCUT2D eigenvalue weighted by molar-refractivity contribution is -0.137. The van der Waals surface area contributed by atoms with Gasteiger partial charge in [0, 0.05) is 68.5 Å². The summed E-state index contributed by atoms with van der Waals surface area (Å²) >= 11 is 0. The number of hydrogen-bond donors (Lipinski definition) is 3. The van der Waals surface area contributed by atoms with Crippen molar-refractivity contribution in [1.82, 2.24) is 54.9 Å². The molecule has 1 aliphatic carbocycles. The number of amides is 4. The predicted octanol–water partition coefficient (Wildman–Crippen LogP) is 5.43. The van der Waals surface area contributed by atoms with Gasteiger partial charge in [-0.2, -0.15) is 18.3 Å². The second kappa shape index (κ2) is 19.1. The van der Waals surface area contributed by atoms with Gasteiger partial charge in [-0.25, -0.2) is 29.4 Å². The number of ether oxygens (including phenoxy) is 2. The summed E-state index contributed by atoms with van der Waals surface area (Å²) in [6.45, 7) is 13.3. The zero-order chi connectivity index (χ0) is 51.6. The molecule has 0 bridgehead atoms. The van der Waals surface area contributed by atoms with Crippen LogP contribution < -0.4 is 26.0 Å². The highest BCUT2D eigenvalue weighted by Gasteiger charge is 2.42. The molecule has 4 N–H and O–H groups in total. The maximum atomic E-state index is 14.4. The van der Waals surface area contributed by atoms with E-state index >= 15 is 0 Å². The number of nitrogens with one attached hydrogen (secondary N) is 2. The van der Waals surface area contributed by atoms with E-state index in [4.69, 9.17) is 24.8 Å². The molecular formula is C49H59F3N14O7. The summed E-state index contributed by atoms with van der Waals surface area (Å²) in [5.74, 6) is 0.860. The van der Waals surface area contributed by atoms with Crippen molar-refractivity contribution in [2.24, 2.45) is 5.92 Å². The number of nitrogens with zero attached hydrogens (tertiary/aromatic N) is 11. The predicted molar refractivity (Wildman–Crippen MR) is 259 cm³/mol. The number of halogens is 3. The number of anilines is 3. The molecule has 73 heavy (non-hydrogen) atoms. The molecule has 24 heteroatoms. The number of hydrogen-bond acceptors (Lipinski definition) is 17. The summed E-state index contributed by atoms with van der Waals surface area (Å²) < 4.78 is 62.5. The minimum Gasteiger partial charge on any atom is -0.483 e. The number of nitrogen functional groups attached to an aromatic ring is 1. The fraction of sp³-hybridized carbons (Fsp3) is 0.551. The van der Waals surface area contributed by atoms with Crippen molar-refractivity contribution in [3.63, 3.8) is 0 Å². The molecule has 1 saturated carbocycles. The van der Waals surface area contributed by atoms with Gasteiger partial charge in [0.15, 0.2) is 29.6 Å². The summed E-state index contributed by atoms with van der Waals surface area (Å²) in [5.41, 5.74) is 7.20. The summed E-state index contributed by atoms with van der Waals surface area (Å²) in [7, 11) is 0. The van der Waals surface area contributed by atoms with Crippen molar-refractivity contribution in [3.8, 4) is 28.5 Å². The molecule has 21 nitrogen and oxygen atoms in total. The first-order chi connectivity index (χ1) is 34.7. The number of benzene rings is 1. The molecule has 1 aromatic carbocycles. The highest BCUT2D eigenvalue weighted by molar-refractivity contribution is 6.02. The second-order valence-corrected chi connectivity index (χ2v) is 21.0. The Morgan fingerprint density at radius 2 is 1.60 bits per heavy atom. The monoisotopic (exact) mass is 1010 g/mol. The van der Waals surface area contributed by atoms with Gasteiger partial charge in [-0.05, 0) is 90.8 Å². The first-order valence-corrected chi connectivity index (χ1v) is 24.7. The maximum absolute atomic E-state index is 14.4. The molecule has 4 aliphatic heterocycles. The minimum absolute atomic E-state index is 0.0755. The number of carbonyl (C=O) groups is 4. The summed E-state index contributed by atoms with van der Waals surface area (Å²) in [5, 5.41) is 15.0. The molecule has 0 spiro atoms. The number of carbonyl (C=O) groups excluding carboxylic acids is 4. The fourth-order valence-corrected chi connectivity index (χ4v) is 10.4. The number of rotatable bonds is 12. The van der Waals surface area contributed by atoms with Crippen LogP contribution in [0.2, 0.25) is 0 Å². The standard InChI is InChI=1S/C49H59F3N14O7/c1-47(2,3)66-44-38(42(53)56-26-57-44)39(60-66)40-37(41(73-61-40)27-6-7-27)43-54-21-30(22-55-43)72-31-23-64(24-31)46(70)71-25-36(68)63-14-12-28(13-15-63)48(4,5)65-18-16-62(17-19-65)34-10-8-29(20-32(34)49(50,51)52)58-33-9-11-35(67)59-45(33)69/h8,10,20-22,26-28,31,33,58H,6-7,9,11-19,23-25H2,1-5H3,(H2,53,56,57)(H,59,67,69). The first kappa shape index (κ1) is 49.5. The number of fused-ring (bicyclic) bond motifs is 1. The quantitative estimate of drug-likeness (QED) is 0.132. The largest absolute Gasteiger partial charge is 0.483 e. The Hall–Kier alpha value is -7.11. The van der Waals surface area contributed by atoms with E-state index in [-0.39, 0.29) is 79.1 Å². The van der Waals surface area contributed by atoms with Crippen molar-refractivity contribution >= 4 is 52.0 Å². The fourth-order valence-electron chi connectivity index (χ4n) is 10.4. The maximum Gasteiger partial charge on any atom is 0.418 e. The van der Waals surface area contributed by atoms with Gasteiger partial charge in [0.1, 0.15) is 35.7 Å². The zero-order valence-electron chi connectivity index (χ0n) is 41.4. The lowest BCUT2D eigenvalue weighted by atomic mass is 9.78. The third kappa shape index (κ3) is 10.0. The Bertz CT molecular complexity index is 2910. The van der Waals surface area contributed by atoms with Gasteiger partial charge in [-0.15, -0.1) is 0 Å². The van der Waals surface area contributed by atoms with Crippen molar-refractivity contribution in [1.29, 1.82) is 0 Å². The van der Waals surface area contributed by atoms with Crippen LogP contribution in [-0.2, 0) is 30.8 Å². The Labute approximate surface area is 418 Å². The van der Waals surface area contributed by atoms with E-state index in [1.807, 2.05) is 20.8 Å². The Morgan fingerprint density at radius 1 is 0.890 bits per heavy atom. The molecule has 5 aliphatic rings. The summed E-state index contributed by atoms with van der Waals surface area (Å²) in [4.78, 5) is 75.2. The Kier molecular flexibility index (Phi) is 12.9. The lowest BCUT2D eigenvalue weighted by Crippen LogP contribution is -2.59. The Balaban J connectivity index is 0.677. The molecule has 1 unspecified atom stereocenters. The van der Waals surface area contributed by atoms with E-state index < -0.39 is 41.2 Å². The average molecular weight is 1010 g/mol. The molecule has 4 aromatic heterocycles. The highest BCUT2D eigenvalue weighted by Crippen LogP contribution is 2.48. The van der Waals surface area contributed by atoms with E-state index in [1.165, 1.54) is 23.4 Å². The molecule has 1 atom stereocenters. The van der Waals surface area contributed by atoms with E-state index in [2.05, 4.69) is 54.5 Å². The molecule has 4 saturated heterocycles. The normalized spacial score (nSPS) is 19.8. The van der Waals surface area contributed by atoms with Crippen molar-refractivity contribution in [2.75, 3.05) is 74.9 Å². The molecule has 4 amide bonds. The van der Waals surface area contributed by atoms with Crippen LogP contribution in [0.5, 0.6) is 5.75 Å². The molecule has 8 heterocycles. The van der Waals surface area contributed by atoms with Crippen LogP contribution in [0.1, 0.15) is 90.4 Å². The third-order valence-corrected chi connectivity index (χ3v) is 14.8. The topological polar surface area (TPSA) is 245 Å². The molecular weight excluding hydrogens is 954 g/mol. The van der Waals surface area contributed by atoms with Crippen LogP contribution in [0, 0.1) is 5.92 Å². The van der Waals surface area contributed by atoms with Crippen molar-refractivity contribution < 1.29 is 46.3 Å². The van der Waals surface area contributed by atoms with E-state index in [9.17, 15) is 32.3 Å². The third-order valence-electron chi connectivity index (χ3n) is 14.8. The number of aromatic nitrogens is 7. The lowest BCUT2D eigenvalue weighted by Gasteiger charge is -2.50. The van der Waals surface area contributed by atoms with Gasteiger partial charge >= 0.3 is 12.3 Å². The van der Waals surface area contributed by atoms with Gasteiger partial charge < -0.3 is 39.7 Å². The molecule has 388 valence electrons. The molecule has 0 radical (unpaired) electrons. The van der Waals surface area contributed by atoms with Crippen molar-refractivity contribution in [3.05, 3.63) is 48.2 Å². The number of piperazine rings is 1. The van der Waals surface area contributed by atoms with Crippen LogP contribution in [0.25, 0.3) is 33.8 Å². The second-order valence-electron chi connectivity index (χ2n) is 21.0. The van der Waals surface area contributed by atoms with Gasteiger partial charge in [-0.1, -0.05) is 5.16 Å². The van der Waals surface area contributed by atoms with Crippen LogP contribution >= 0.6 is 0 Å². The number of piperidine rings is 2. The summed E-state index contributed by atoms with van der Waals surface area (Å²) in [6.07, 6.45) is 2.58. The highest BCUT2D eigenvalue weighted by atomic mass is 19.4. The van der Waals surface area contributed by atoms with E-state index in [0.717, 1.165) is 31.7 Å². The van der Waals surface area contributed by atoms with E-state index in [1.54, 1.807) is 26.9 Å². The first-order valence-electron chi connectivity index (χ1n) is 24.7. The smallest absolute Gasteiger partial charge is 0.418 e. The average Bonchev–Trinajstić information content (AvgIpc) is 3.97. The number of imide groups is 1. The van der Waals surface area contributed by atoms with Gasteiger partial charge in [0.05, 0.1) is 47.5 Å². The van der Waals surface area contributed by atoms with Crippen molar-refractivity contribution in [2.45, 2.75) is 108 Å². The Morgan fingerprint density at radius 3 is 2.26 bits per heavy atom. The van der Waals surface area contributed by atoms with Crippen LogP contribution in [0.15, 0.2) is 41.4 Å². The van der Waals surface area contributed by atoms with Gasteiger partial charge in [0.25, 0.3) is 5.91 Å². The number of likely N-dealkylation sites (tertiary alicyclic amines) is 2. The van der Waals surface area contributed by atoms with Crippen LogP contribution in [-0.4, -0.2) is 150 Å². The van der Waals surface area contributed by atoms with Crippen LogP contribution in [0.4, 0.5) is 35.2 Å². The summed E-state index contributed by atoms with van der Waals surface area (Å²) in [6, 6.07) is 3.20. The van der Waals surface area contributed by atoms with Gasteiger partial charge in [-0.3, -0.25) is 24.6 Å². The number of alkyl halides is 3. The molecule has 10 rings (SSSR count). The SMILES string of the molecule is CC(C)(C1CCN(C(=O)COC(=O)N2CC(Oc3cnc(-c4c(-c5nn(C(C)(C)C)c6ncnc(N)c56)noc4C4CC4)nc3)C2)CC1)N1CCN(c2ccc(NC3CCC(=O)NC3=O)cc2C(F)(F)F)CC1. The molecule has 5 aromatic rings. The zero-order valence-corrected chi connectivity index (χ0v) is 41.4. The van der Waals surface area contributed by atoms with E-state index in [0.29, 0.717) is 84.6 Å². The minimum atomic E-state index is -4.63.